The molecular formula is C18H16ClN3O2. The molecule has 2 heterocycles. The van der Waals surface area contributed by atoms with Gasteiger partial charge in [-0.2, -0.15) is 5.10 Å². The third-order valence-corrected chi connectivity index (χ3v) is 4.19. The quantitative estimate of drug-likeness (QED) is 0.675. The van der Waals surface area contributed by atoms with Gasteiger partial charge in [0.05, 0.1) is 27.7 Å². The summed E-state index contributed by atoms with van der Waals surface area (Å²) in [5, 5.41) is 5.04. The van der Waals surface area contributed by atoms with Gasteiger partial charge < -0.3 is 4.74 Å². The molecule has 3 rings (SSSR count). The van der Waals surface area contributed by atoms with Crippen molar-refractivity contribution in [2.45, 2.75) is 20.5 Å². The van der Waals surface area contributed by atoms with E-state index in [1.54, 1.807) is 35.3 Å². The highest BCUT2D eigenvalue weighted by molar-refractivity contribution is 6.31. The van der Waals surface area contributed by atoms with Gasteiger partial charge in [-0.15, -0.1) is 0 Å². The molecule has 0 unspecified atom stereocenters. The molecule has 0 aliphatic heterocycles. The van der Waals surface area contributed by atoms with Crippen molar-refractivity contribution in [2.24, 2.45) is 0 Å². The van der Waals surface area contributed by atoms with Gasteiger partial charge in [-0.1, -0.05) is 17.7 Å². The molecule has 0 saturated heterocycles. The van der Waals surface area contributed by atoms with Crippen molar-refractivity contribution in [1.82, 2.24) is 14.8 Å². The van der Waals surface area contributed by atoms with E-state index in [0.717, 1.165) is 22.6 Å². The number of carbonyl (C=O) groups excluding carboxylic acids is 1. The predicted octanol–water partition coefficient (Wildman–Crippen LogP) is 3.89. The normalized spacial score (nSPS) is 10.6. The van der Waals surface area contributed by atoms with Gasteiger partial charge in [-0.05, 0) is 44.2 Å². The number of carbonyl (C=O) groups is 1. The lowest BCUT2D eigenvalue weighted by Crippen LogP contribution is -2.06. The van der Waals surface area contributed by atoms with Crippen molar-refractivity contribution >= 4 is 17.6 Å². The molecule has 0 aliphatic rings. The van der Waals surface area contributed by atoms with Crippen molar-refractivity contribution in [3.63, 3.8) is 0 Å². The number of aromatic nitrogens is 3. The Labute approximate surface area is 144 Å². The third-order valence-electron chi connectivity index (χ3n) is 3.64. The fraction of sp³-hybridized carbons (Fsp3) is 0.167. The Hall–Kier alpha value is -2.66. The van der Waals surface area contributed by atoms with Crippen LogP contribution in [0.25, 0.3) is 5.69 Å². The monoisotopic (exact) mass is 341 g/mol. The molecule has 6 heteroatoms. The van der Waals surface area contributed by atoms with E-state index >= 15 is 0 Å². The minimum Gasteiger partial charge on any atom is -0.457 e. The van der Waals surface area contributed by atoms with E-state index in [4.69, 9.17) is 16.3 Å². The first-order valence-corrected chi connectivity index (χ1v) is 7.82. The number of halogens is 1. The Morgan fingerprint density at radius 3 is 2.54 bits per heavy atom. The smallest absolute Gasteiger partial charge is 0.338 e. The van der Waals surface area contributed by atoms with Crippen LogP contribution >= 0.6 is 11.6 Å². The summed E-state index contributed by atoms with van der Waals surface area (Å²) in [6.45, 7) is 3.95. The second kappa shape index (κ2) is 6.84. The maximum atomic E-state index is 12.1. The van der Waals surface area contributed by atoms with Crippen LogP contribution in [0.4, 0.5) is 0 Å². The first-order valence-electron chi connectivity index (χ1n) is 7.44. The Bertz CT molecular complexity index is 858. The summed E-state index contributed by atoms with van der Waals surface area (Å²) >= 11 is 6.17. The molecule has 0 amide bonds. The summed E-state index contributed by atoms with van der Waals surface area (Å²) in [5.41, 5.74) is 3.80. The Morgan fingerprint density at radius 1 is 1.21 bits per heavy atom. The molecule has 0 radical (unpaired) electrons. The van der Waals surface area contributed by atoms with Crippen LogP contribution in [-0.2, 0) is 11.3 Å². The zero-order valence-corrected chi connectivity index (χ0v) is 14.1. The summed E-state index contributed by atoms with van der Waals surface area (Å²) < 4.78 is 7.04. The summed E-state index contributed by atoms with van der Waals surface area (Å²) in [4.78, 5) is 16.1. The highest BCUT2D eigenvalue weighted by atomic mass is 35.5. The number of nitrogens with zero attached hydrogens (tertiary/aromatic N) is 3. The van der Waals surface area contributed by atoms with E-state index in [1.807, 2.05) is 32.0 Å². The van der Waals surface area contributed by atoms with Gasteiger partial charge in [0.1, 0.15) is 6.61 Å². The summed E-state index contributed by atoms with van der Waals surface area (Å²) in [5.74, 6) is -0.378. The summed E-state index contributed by atoms with van der Waals surface area (Å²) in [7, 11) is 0. The first kappa shape index (κ1) is 16.2. The highest BCUT2D eigenvalue weighted by Gasteiger charge is 2.12. The Morgan fingerprint density at radius 2 is 1.96 bits per heavy atom. The largest absolute Gasteiger partial charge is 0.457 e. The summed E-state index contributed by atoms with van der Waals surface area (Å²) in [6, 6.07) is 10.7. The predicted molar refractivity (Wildman–Crippen MR) is 91.4 cm³/mol. The number of hydrogen-bond acceptors (Lipinski definition) is 4. The van der Waals surface area contributed by atoms with Crippen LogP contribution in [0.1, 0.15) is 27.3 Å². The van der Waals surface area contributed by atoms with Crippen molar-refractivity contribution in [3.05, 3.63) is 76.3 Å². The maximum Gasteiger partial charge on any atom is 0.338 e. The van der Waals surface area contributed by atoms with Crippen molar-refractivity contribution in [1.29, 1.82) is 0 Å². The van der Waals surface area contributed by atoms with E-state index in [9.17, 15) is 4.79 Å². The molecule has 3 aromatic rings. The second-order valence-electron chi connectivity index (χ2n) is 5.38. The lowest BCUT2D eigenvalue weighted by molar-refractivity contribution is 0.0472. The van der Waals surface area contributed by atoms with Crippen LogP contribution < -0.4 is 0 Å². The number of esters is 1. The average molecular weight is 342 g/mol. The van der Waals surface area contributed by atoms with Gasteiger partial charge in [0.15, 0.2) is 0 Å². The van der Waals surface area contributed by atoms with Crippen LogP contribution in [0.2, 0.25) is 5.02 Å². The van der Waals surface area contributed by atoms with Gasteiger partial charge in [-0.25, -0.2) is 9.48 Å². The molecule has 0 saturated carbocycles. The van der Waals surface area contributed by atoms with Gasteiger partial charge in [0.2, 0.25) is 0 Å². The molecule has 0 fully saturated rings. The van der Waals surface area contributed by atoms with Crippen molar-refractivity contribution < 1.29 is 9.53 Å². The van der Waals surface area contributed by atoms with E-state index in [1.165, 1.54) is 0 Å². The molecular weight excluding hydrogens is 326 g/mol. The van der Waals surface area contributed by atoms with Gasteiger partial charge in [-0.3, -0.25) is 4.98 Å². The SMILES string of the molecule is Cc1nn(-c2ccc(C(=O)OCc3cccnc3)cc2)c(C)c1Cl. The molecule has 0 atom stereocenters. The highest BCUT2D eigenvalue weighted by Crippen LogP contribution is 2.22. The molecule has 0 N–H and O–H groups in total. The minimum atomic E-state index is -0.378. The second-order valence-corrected chi connectivity index (χ2v) is 5.76. The third kappa shape index (κ3) is 3.31. The molecule has 5 nitrogen and oxygen atoms in total. The molecule has 1 aromatic carbocycles. The number of ether oxygens (including phenoxy) is 1. The standard InChI is InChI=1S/C18H16ClN3O2/c1-12-17(19)13(2)22(21-12)16-7-5-15(6-8-16)18(23)24-11-14-4-3-9-20-10-14/h3-10H,11H2,1-2H3. The van der Waals surface area contributed by atoms with Crippen LogP contribution in [0.15, 0.2) is 48.8 Å². The average Bonchev–Trinajstić information content (AvgIpc) is 2.88. The maximum absolute atomic E-state index is 12.1. The van der Waals surface area contributed by atoms with Gasteiger partial charge in [0.25, 0.3) is 0 Å². The van der Waals surface area contributed by atoms with E-state index in [-0.39, 0.29) is 12.6 Å². The zero-order chi connectivity index (χ0) is 17.1. The topological polar surface area (TPSA) is 57.0 Å². The number of aryl methyl sites for hydroxylation is 1. The molecule has 122 valence electrons. The van der Waals surface area contributed by atoms with Crippen LogP contribution in [0, 0.1) is 13.8 Å². The lowest BCUT2D eigenvalue weighted by atomic mass is 10.2. The fourth-order valence-electron chi connectivity index (χ4n) is 2.33. The van der Waals surface area contributed by atoms with Crippen molar-refractivity contribution in [2.75, 3.05) is 0 Å². The van der Waals surface area contributed by atoms with Crippen LogP contribution in [0.5, 0.6) is 0 Å². The molecule has 24 heavy (non-hydrogen) atoms. The fourth-order valence-corrected chi connectivity index (χ4v) is 2.45. The van der Waals surface area contributed by atoms with Gasteiger partial charge in [0, 0.05) is 18.0 Å². The van der Waals surface area contributed by atoms with Crippen LogP contribution in [0.3, 0.4) is 0 Å². The minimum absolute atomic E-state index is 0.196. The number of benzene rings is 1. The van der Waals surface area contributed by atoms with Crippen LogP contribution in [-0.4, -0.2) is 20.7 Å². The zero-order valence-electron chi connectivity index (χ0n) is 13.4. The Balaban J connectivity index is 1.72. The molecule has 2 aromatic heterocycles. The summed E-state index contributed by atoms with van der Waals surface area (Å²) in [6.07, 6.45) is 3.35. The number of hydrogen-bond donors (Lipinski definition) is 0. The number of pyridine rings is 1. The first-order chi connectivity index (χ1) is 11.6. The van der Waals surface area contributed by atoms with E-state index in [0.29, 0.717) is 10.6 Å². The van der Waals surface area contributed by atoms with Crippen molar-refractivity contribution in [3.8, 4) is 5.69 Å². The molecule has 0 spiro atoms. The Kier molecular flexibility index (Phi) is 4.62. The molecule has 0 aliphatic carbocycles. The van der Waals surface area contributed by atoms with Gasteiger partial charge >= 0.3 is 5.97 Å². The van der Waals surface area contributed by atoms with E-state index < -0.39 is 0 Å². The molecule has 0 bridgehead atoms. The lowest BCUT2D eigenvalue weighted by Gasteiger charge is -2.07. The van der Waals surface area contributed by atoms with E-state index in [2.05, 4.69) is 10.1 Å². The number of rotatable bonds is 4.